The van der Waals surface area contributed by atoms with Gasteiger partial charge in [-0.25, -0.2) is 0 Å². The summed E-state index contributed by atoms with van der Waals surface area (Å²) in [7, 11) is 0. The Kier molecular flexibility index (Phi) is 19.1. The first kappa shape index (κ1) is 52.8. The fourth-order valence-electron chi connectivity index (χ4n) is 8.96. The Morgan fingerprint density at radius 3 is 0.582 bits per heavy atom. The Hall–Kier alpha value is -0.200. The van der Waals surface area contributed by atoms with Gasteiger partial charge >= 0.3 is 0 Å². The molecule has 0 aliphatic carbocycles. The van der Waals surface area contributed by atoms with E-state index in [1.54, 1.807) is 0 Å². The Balaban J connectivity index is 0.000000367. The third-order valence-corrected chi connectivity index (χ3v) is 13.9. The normalized spacial score (nSPS) is 23.7. The van der Waals surface area contributed by atoms with Crippen molar-refractivity contribution in [2.45, 2.75) is 226 Å². The van der Waals surface area contributed by atoms with Gasteiger partial charge in [0.05, 0.1) is 0 Å². The summed E-state index contributed by atoms with van der Waals surface area (Å²) in [6, 6.07) is 0. The van der Waals surface area contributed by atoms with Crippen molar-refractivity contribution < 1.29 is 0 Å². The lowest BCUT2D eigenvalue weighted by atomic mass is 9.75. The molecule has 5 heteroatoms. The Morgan fingerprint density at radius 1 is 0.236 bits per heavy atom. The van der Waals surface area contributed by atoms with Crippen LogP contribution < -0.4 is 0 Å². The third kappa shape index (κ3) is 19.2. The van der Waals surface area contributed by atoms with Crippen molar-refractivity contribution in [1.29, 1.82) is 0 Å². The standard InChI is InChI=1S/2C13H27N.C12H26N2.C12H25N/c2*1-12(2,3)11-7-9-14(10-8-11)13(4,5)6;1-11(2,3)13-7-9-14(10-8-13)12(4,5)6;1-11(2,3)10-7-8-13(9-10)12(4,5)6/h2*11H,7-10H2,1-6H3;7-10H2,1-6H3;10H,7-9H2,1-6H3. The largest absolute Gasteiger partial charge is 0.298 e. The van der Waals surface area contributed by atoms with Crippen LogP contribution in [0, 0.1) is 34.0 Å². The summed E-state index contributed by atoms with van der Waals surface area (Å²) in [6.07, 6.45) is 6.88. The van der Waals surface area contributed by atoms with E-state index in [-0.39, 0.29) is 0 Å². The van der Waals surface area contributed by atoms with E-state index >= 15 is 0 Å². The SMILES string of the molecule is CC(C)(C)C1CCN(C(C)(C)C)C1.CC(C)(C)C1CCN(C(C)(C)C)CC1.CC(C)(C)C1CCN(C(C)(C)C)CC1.CC(C)(C)N1CCN(C(C)(C)C)CC1. The molecular formula is C50H105N5. The first-order valence-corrected chi connectivity index (χ1v) is 23.1. The second kappa shape index (κ2) is 19.9. The highest BCUT2D eigenvalue weighted by atomic mass is 15.3. The summed E-state index contributed by atoms with van der Waals surface area (Å²) in [5, 5.41) is 0. The molecule has 1 unspecified atom stereocenters. The van der Waals surface area contributed by atoms with Gasteiger partial charge in [-0.15, -0.1) is 0 Å². The number of hydrogen-bond acceptors (Lipinski definition) is 5. The number of piperazine rings is 1. The van der Waals surface area contributed by atoms with E-state index in [0.717, 1.165) is 17.8 Å². The molecule has 4 saturated heterocycles. The van der Waals surface area contributed by atoms with Crippen molar-refractivity contribution in [3.63, 3.8) is 0 Å². The number of nitrogens with zero attached hydrogens (tertiary/aromatic N) is 5. The van der Waals surface area contributed by atoms with Crippen molar-refractivity contribution in [2.75, 3.05) is 65.4 Å². The zero-order valence-electron chi connectivity index (χ0n) is 42.6. The molecule has 5 nitrogen and oxygen atoms in total. The van der Waals surface area contributed by atoms with E-state index in [1.807, 2.05) is 0 Å². The first-order valence-electron chi connectivity index (χ1n) is 23.1. The van der Waals surface area contributed by atoms with E-state index in [4.69, 9.17) is 0 Å². The molecule has 4 rings (SSSR count). The van der Waals surface area contributed by atoms with Gasteiger partial charge in [0.15, 0.2) is 0 Å². The maximum Gasteiger partial charge on any atom is 0.0126 e. The lowest BCUT2D eigenvalue weighted by molar-refractivity contribution is 0.0211. The molecule has 0 aromatic rings. The summed E-state index contributed by atoms with van der Waals surface area (Å²) >= 11 is 0. The van der Waals surface area contributed by atoms with Gasteiger partial charge in [-0.2, -0.15) is 0 Å². The molecule has 4 heterocycles. The number of hydrogen-bond donors (Lipinski definition) is 0. The van der Waals surface area contributed by atoms with Crippen LogP contribution in [0.4, 0.5) is 0 Å². The van der Waals surface area contributed by atoms with Crippen LogP contribution in [0.5, 0.6) is 0 Å². The van der Waals surface area contributed by atoms with Crippen LogP contribution in [-0.4, -0.2) is 118 Å². The molecule has 0 aromatic heterocycles. The molecule has 4 aliphatic heterocycles. The Bertz CT molecular complexity index is 855. The Morgan fingerprint density at radius 2 is 0.418 bits per heavy atom. The van der Waals surface area contributed by atoms with Crippen molar-refractivity contribution in [2.24, 2.45) is 34.0 Å². The van der Waals surface area contributed by atoms with Gasteiger partial charge in [-0.05, 0) is 203 Å². The van der Waals surface area contributed by atoms with Gasteiger partial charge < -0.3 is 0 Å². The van der Waals surface area contributed by atoms with Gasteiger partial charge in [0.25, 0.3) is 0 Å². The van der Waals surface area contributed by atoms with E-state index in [0.29, 0.717) is 43.9 Å². The molecule has 330 valence electrons. The highest BCUT2D eigenvalue weighted by Crippen LogP contribution is 2.38. The lowest BCUT2D eigenvalue weighted by Crippen LogP contribution is -2.57. The maximum absolute atomic E-state index is 2.62. The summed E-state index contributed by atoms with van der Waals surface area (Å²) in [6.45, 7) is 68.6. The van der Waals surface area contributed by atoms with Gasteiger partial charge in [0.1, 0.15) is 0 Å². The van der Waals surface area contributed by atoms with Crippen molar-refractivity contribution in [1.82, 2.24) is 24.5 Å². The minimum Gasteiger partial charge on any atom is -0.298 e. The third-order valence-electron chi connectivity index (χ3n) is 13.9. The first-order chi connectivity index (χ1) is 24.3. The second-order valence-corrected chi connectivity index (χ2v) is 26.4. The number of piperidine rings is 2. The molecule has 0 bridgehead atoms. The highest BCUT2D eigenvalue weighted by Gasteiger charge is 2.37. The summed E-state index contributed by atoms with van der Waals surface area (Å²) < 4.78 is 0. The smallest absolute Gasteiger partial charge is 0.0126 e. The lowest BCUT2D eigenvalue weighted by Gasteiger charge is -2.46. The summed E-state index contributed by atoms with van der Waals surface area (Å²) in [4.78, 5) is 13.0. The van der Waals surface area contributed by atoms with E-state index in [2.05, 4.69) is 191 Å². The van der Waals surface area contributed by atoms with Crippen LogP contribution in [-0.2, 0) is 0 Å². The Labute approximate surface area is 348 Å². The predicted molar refractivity (Wildman–Crippen MR) is 249 cm³/mol. The molecule has 0 aromatic carbocycles. The summed E-state index contributed by atoms with van der Waals surface area (Å²) in [5.41, 5.74) is 3.26. The molecular weight excluding hydrogens is 671 g/mol. The van der Waals surface area contributed by atoms with Crippen LogP contribution in [0.1, 0.15) is 198 Å². The van der Waals surface area contributed by atoms with E-state index in [9.17, 15) is 0 Å². The fraction of sp³-hybridized carbons (Fsp3) is 1.00. The predicted octanol–water partition coefficient (Wildman–Crippen LogP) is 12.4. The van der Waals surface area contributed by atoms with E-state index in [1.165, 1.54) is 97.6 Å². The molecule has 0 saturated carbocycles. The van der Waals surface area contributed by atoms with Crippen LogP contribution in [0.3, 0.4) is 0 Å². The molecule has 4 fully saturated rings. The molecule has 1 atom stereocenters. The van der Waals surface area contributed by atoms with Crippen molar-refractivity contribution >= 4 is 0 Å². The molecule has 0 N–H and O–H groups in total. The molecule has 0 radical (unpaired) electrons. The summed E-state index contributed by atoms with van der Waals surface area (Å²) in [5.74, 6) is 2.72. The van der Waals surface area contributed by atoms with Gasteiger partial charge in [-0.3, -0.25) is 24.5 Å². The monoisotopic (exact) mass is 776 g/mol. The molecule has 4 aliphatic rings. The van der Waals surface area contributed by atoms with E-state index < -0.39 is 0 Å². The van der Waals surface area contributed by atoms with Crippen LogP contribution in [0.2, 0.25) is 0 Å². The topological polar surface area (TPSA) is 16.2 Å². The zero-order chi connectivity index (χ0) is 43.2. The minimum atomic E-state index is 0.337. The zero-order valence-corrected chi connectivity index (χ0v) is 42.6. The molecule has 55 heavy (non-hydrogen) atoms. The quantitative estimate of drug-likeness (QED) is 0.243. The second-order valence-electron chi connectivity index (χ2n) is 26.4. The number of rotatable bonds is 0. The average Bonchev–Trinajstić information content (AvgIpc) is 3.53. The maximum atomic E-state index is 2.62. The van der Waals surface area contributed by atoms with Gasteiger partial charge in [-0.1, -0.05) is 62.3 Å². The van der Waals surface area contributed by atoms with Gasteiger partial charge in [0, 0.05) is 60.4 Å². The van der Waals surface area contributed by atoms with Crippen LogP contribution in [0.15, 0.2) is 0 Å². The van der Waals surface area contributed by atoms with Crippen molar-refractivity contribution in [3.8, 4) is 0 Å². The number of likely N-dealkylation sites (tertiary alicyclic amines) is 3. The molecule has 0 amide bonds. The highest BCUT2D eigenvalue weighted by molar-refractivity contribution is 4.90. The van der Waals surface area contributed by atoms with Crippen molar-refractivity contribution in [3.05, 3.63) is 0 Å². The van der Waals surface area contributed by atoms with Crippen LogP contribution in [0.25, 0.3) is 0 Å². The van der Waals surface area contributed by atoms with Gasteiger partial charge in [0.2, 0.25) is 0 Å². The molecule has 0 spiro atoms. The minimum absolute atomic E-state index is 0.337. The average molecular weight is 776 g/mol. The fourth-order valence-corrected chi connectivity index (χ4v) is 8.96. The van der Waals surface area contributed by atoms with Crippen LogP contribution >= 0.6 is 0 Å².